The second-order valence-corrected chi connectivity index (χ2v) is 7.75. The molecule has 1 heterocycles. The molecule has 1 aliphatic heterocycles. The van der Waals surface area contributed by atoms with Gasteiger partial charge in [0.15, 0.2) is 0 Å². The van der Waals surface area contributed by atoms with Gasteiger partial charge in [-0.15, -0.1) is 0 Å². The number of piperidine rings is 1. The number of amides is 1. The van der Waals surface area contributed by atoms with E-state index >= 15 is 0 Å². The van der Waals surface area contributed by atoms with Gasteiger partial charge in [-0.2, -0.15) is 0 Å². The van der Waals surface area contributed by atoms with Crippen LogP contribution < -0.4 is 0 Å². The monoisotopic (exact) mass is 384 g/mol. The topological polar surface area (TPSA) is 23.6 Å². The lowest BCUT2D eigenvalue weighted by Crippen LogP contribution is -2.47. The van der Waals surface area contributed by atoms with E-state index in [2.05, 4.69) is 40.1 Å². The van der Waals surface area contributed by atoms with Gasteiger partial charge in [0.1, 0.15) is 0 Å². The Bertz CT molecular complexity index is 709. The van der Waals surface area contributed by atoms with E-state index in [4.69, 9.17) is 11.6 Å². The van der Waals surface area contributed by atoms with Gasteiger partial charge >= 0.3 is 0 Å². The molecule has 1 fully saturated rings. The molecule has 0 unspecified atom stereocenters. The Morgan fingerprint density at radius 1 is 1.04 bits per heavy atom. The molecular weight excluding hydrogens is 356 g/mol. The number of nitrogens with zero attached hydrogens (tertiary/aromatic N) is 2. The van der Waals surface area contributed by atoms with Crippen molar-refractivity contribution in [2.45, 2.75) is 45.2 Å². The number of likely N-dealkylation sites (tertiary alicyclic amines) is 1. The molecule has 1 amide bonds. The minimum atomic E-state index is 0.243. The Morgan fingerprint density at radius 2 is 1.70 bits per heavy atom. The molecule has 2 aromatic rings. The Balaban J connectivity index is 1.54. The van der Waals surface area contributed by atoms with Gasteiger partial charge in [-0.1, -0.05) is 61.0 Å². The Labute approximate surface area is 167 Å². The zero-order chi connectivity index (χ0) is 19.1. The van der Waals surface area contributed by atoms with Crippen molar-refractivity contribution in [3.8, 4) is 0 Å². The summed E-state index contributed by atoms with van der Waals surface area (Å²) in [6.07, 6.45) is 3.75. The van der Waals surface area contributed by atoms with Crippen LogP contribution in [0.1, 0.15) is 37.3 Å². The first-order chi connectivity index (χ1) is 13.2. The van der Waals surface area contributed by atoms with Crippen molar-refractivity contribution in [3.05, 3.63) is 70.7 Å². The van der Waals surface area contributed by atoms with E-state index < -0.39 is 0 Å². The minimum Gasteiger partial charge on any atom is -0.335 e. The molecule has 0 spiro atoms. The van der Waals surface area contributed by atoms with Gasteiger partial charge in [-0.25, -0.2) is 0 Å². The van der Waals surface area contributed by atoms with Gasteiger partial charge in [0.25, 0.3) is 0 Å². The van der Waals surface area contributed by atoms with Gasteiger partial charge < -0.3 is 9.80 Å². The van der Waals surface area contributed by atoms with Gasteiger partial charge in [0.05, 0.1) is 0 Å². The maximum atomic E-state index is 12.6. The Hall–Kier alpha value is -1.84. The van der Waals surface area contributed by atoms with Crippen molar-refractivity contribution >= 4 is 17.5 Å². The van der Waals surface area contributed by atoms with Crippen LogP contribution in [0.3, 0.4) is 0 Å². The summed E-state index contributed by atoms with van der Waals surface area (Å²) in [6, 6.07) is 18.8. The summed E-state index contributed by atoms with van der Waals surface area (Å²) in [5, 5.41) is 0.735. The summed E-state index contributed by atoms with van der Waals surface area (Å²) in [7, 11) is 0. The molecule has 0 N–H and O–H groups in total. The van der Waals surface area contributed by atoms with Gasteiger partial charge in [-0.3, -0.25) is 4.79 Å². The van der Waals surface area contributed by atoms with Crippen molar-refractivity contribution in [1.82, 2.24) is 9.80 Å². The van der Waals surface area contributed by atoms with Crippen LogP contribution in [0.15, 0.2) is 54.6 Å². The zero-order valence-corrected chi connectivity index (χ0v) is 16.9. The fourth-order valence-corrected chi connectivity index (χ4v) is 3.92. The van der Waals surface area contributed by atoms with Crippen LogP contribution in [-0.4, -0.2) is 41.4 Å². The van der Waals surface area contributed by atoms with Crippen LogP contribution in [0, 0.1) is 0 Å². The van der Waals surface area contributed by atoms with Crippen molar-refractivity contribution in [2.75, 3.05) is 19.6 Å². The van der Waals surface area contributed by atoms with E-state index in [1.807, 2.05) is 31.2 Å². The number of halogens is 1. The summed E-state index contributed by atoms with van der Waals surface area (Å²) in [5.41, 5.74) is 2.54. The van der Waals surface area contributed by atoms with Crippen LogP contribution in [0.5, 0.6) is 0 Å². The highest BCUT2D eigenvalue weighted by molar-refractivity contribution is 6.30. The lowest BCUT2D eigenvalue weighted by atomic mass is 10.0. The smallest absolute Gasteiger partial charge is 0.222 e. The molecular formula is C23H29ClN2O. The fourth-order valence-electron chi connectivity index (χ4n) is 3.80. The number of carbonyl (C=O) groups is 1. The second kappa shape index (κ2) is 9.91. The molecule has 0 atom stereocenters. The van der Waals surface area contributed by atoms with E-state index in [0.717, 1.165) is 49.5 Å². The fraction of sp³-hybridized carbons (Fsp3) is 0.435. The van der Waals surface area contributed by atoms with E-state index in [9.17, 15) is 4.79 Å². The molecule has 1 saturated heterocycles. The minimum absolute atomic E-state index is 0.243. The quantitative estimate of drug-likeness (QED) is 0.685. The SMILES string of the molecule is CCC(=O)N(Cc1ccc(Cl)cc1)C1CCN(CCc2ccccc2)CC1. The average molecular weight is 385 g/mol. The summed E-state index contributed by atoms with van der Waals surface area (Å²) in [4.78, 5) is 17.2. The van der Waals surface area contributed by atoms with Gasteiger partial charge in [0.2, 0.25) is 5.91 Å². The molecule has 1 aliphatic rings. The number of hydrogen-bond acceptors (Lipinski definition) is 2. The van der Waals surface area contributed by atoms with Crippen LogP contribution in [0.25, 0.3) is 0 Å². The van der Waals surface area contributed by atoms with E-state index in [0.29, 0.717) is 19.0 Å². The largest absolute Gasteiger partial charge is 0.335 e. The molecule has 3 rings (SSSR count). The normalized spacial score (nSPS) is 15.6. The van der Waals surface area contributed by atoms with Crippen LogP contribution in [0.2, 0.25) is 5.02 Å². The number of rotatable bonds is 7. The molecule has 144 valence electrons. The number of carbonyl (C=O) groups excluding carboxylic acids is 1. The zero-order valence-electron chi connectivity index (χ0n) is 16.1. The Morgan fingerprint density at radius 3 is 2.33 bits per heavy atom. The number of hydrogen-bond donors (Lipinski definition) is 0. The second-order valence-electron chi connectivity index (χ2n) is 7.31. The van der Waals surface area contributed by atoms with Gasteiger partial charge in [-0.05, 0) is 42.5 Å². The maximum absolute atomic E-state index is 12.6. The molecule has 0 radical (unpaired) electrons. The van der Waals surface area contributed by atoms with Crippen molar-refractivity contribution < 1.29 is 4.79 Å². The van der Waals surface area contributed by atoms with E-state index in [1.165, 1.54) is 5.56 Å². The highest BCUT2D eigenvalue weighted by Gasteiger charge is 2.27. The van der Waals surface area contributed by atoms with Crippen LogP contribution >= 0.6 is 11.6 Å². The predicted molar refractivity (Wildman–Crippen MR) is 112 cm³/mol. The highest BCUT2D eigenvalue weighted by atomic mass is 35.5. The molecule has 0 aliphatic carbocycles. The van der Waals surface area contributed by atoms with Crippen molar-refractivity contribution in [1.29, 1.82) is 0 Å². The predicted octanol–water partition coefficient (Wildman–Crippen LogP) is 4.79. The highest BCUT2D eigenvalue weighted by Crippen LogP contribution is 2.21. The molecule has 0 saturated carbocycles. The molecule has 0 bridgehead atoms. The summed E-state index contributed by atoms with van der Waals surface area (Å²) in [6.45, 7) is 5.84. The van der Waals surface area contributed by atoms with Crippen LogP contribution in [-0.2, 0) is 17.8 Å². The van der Waals surface area contributed by atoms with Crippen molar-refractivity contribution in [2.24, 2.45) is 0 Å². The first-order valence-electron chi connectivity index (χ1n) is 9.96. The third-order valence-electron chi connectivity index (χ3n) is 5.45. The third-order valence-corrected chi connectivity index (χ3v) is 5.70. The summed E-state index contributed by atoms with van der Waals surface area (Å²) in [5.74, 6) is 0.243. The standard InChI is InChI=1S/C23H29ClN2O/c1-2-23(27)26(18-20-8-10-21(24)11-9-20)22-13-16-25(17-14-22)15-12-19-6-4-3-5-7-19/h3-11,22H,2,12-18H2,1H3. The molecule has 2 aromatic carbocycles. The Kier molecular flexibility index (Phi) is 7.31. The molecule has 4 heteroatoms. The molecule has 3 nitrogen and oxygen atoms in total. The summed E-state index contributed by atoms with van der Waals surface area (Å²) < 4.78 is 0. The lowest BCUT2D eigenvalue weighted by Gasteiger charge is -2.38. The molecule has 27 heavy (non-hydrogen) atoms. The van der Waals surface area contributed by atoms with Crippen molar-refractivity contribution in [3.63, 3.8) is 0 Å². The first-order valence-corrected chi connectivity index (χ1v) is 10.3. The third kappa shape index (κ3) is 5.82. The van der Waals surface area contributed by atoms with E-state index in [-0.39, 0.29) is 5.91 Å². The van der Waals surface area contributed by atoms with E-state index in [1.54, 1.807) is 0 Å². The van der Waals surface area contributed by atoms with Gasteiger partial charge in [0, 0.05) is 43.7 Å². The maximum Gasteiger partial charge on any atom is 0.222 e. The van der Waals surface area contributed by atoms with Crippen LogP contribution in [0.4, 0.5) is 0 Å². The first kappa shape index (κ1) is 19.9. The lowest BCUT2D eigenvalue weighted by molar-refractivity contribution is -0.135. The average Bonchev–Trinajstić information content (AvgIpc) is 2.72. The number of benzene rings is 2. The summed E-state index contributed by atoms with van der Waals surface area (Å²) >= 11 is 5.99. The molecule has 0 aromatic heterocycles.